The smallest absolute Gasteiger partial charge is 0.0831 e. The summed E-state index contributed by atoms with van der Waals surface area (Å²) < 4.78 is 1.90. The lowest BCUT2D eigenvalue weighted by atomic mass is 10.1. The third-order valence-corrected chi connectivity index (χ3v) is 3.89. The van der Waals surface area contributed by atoms with Crippen LogP contribution in [-0.4, -0.2) is 14.8 Å². The van der Waals surface area contributed by atoms with Gasteiger partial charge in [-0.2, -0.15) is 5.10 Å². The average Bonchev–Trinajstić information content (AvgIpc) is 2.77. The Balaban J connectivity index is 1.74. The minimum absolute atomic E-state index is 0.924. The highest BCUT2D eigenvalue weighted by Crippen LogP contribution is 2.24. The molecule has 0 saturated heterocycles. The van der Waals surface area contributed by atoms with E-state index in [0.717, 1.165) is 29.2 Å². The second-order valence-electron chi connectivity index (χ2n) is 5.52. The molecule has 4 heteroatoms. The van der Waals surface area contributed by atoms with Crippen LogP contribution < -0.4 is 5.32 Å². The molecule has 3 rings (SSSR count). The second-order valence-corrected chi connectivity index (χ2v) is 5.52. The number of rotatable bonds is 4. The topological polar surface area (TPSA) is 42.7 Å². The zero-order chi connectivity index (χ0) is 15.5. The second kappa shape index (κ2) is 6.02. The Morgan fingerprint density at radius 2 is 1.59 bits per heavy atom. The van der Waals surface area contributed by atoms with Gasteiger partial charge in [0.15, 0.2) is 0 Å². The molecule has 2 heterocycles. The molecule has 0 bridgehead atoms. The van der Waals surface area contributed by atoms with Crippen molar-refractivity contribution in [2.75, 3.05) is 5.32 Å². The maximum Gasteiger partial charge on any atom is 0.0831 e. The summed E-state index contributed by atoms with van der Waals surface area (Å²) in [5.74, 6) is 0. The van der Waals surface area contributed by atoms with E-state index in [-0.39, 0.29) is 0 Å². The number of pyridine rings is 1. The normalized spacial score (nSPS) is 10.7. The molecule has 112 valence electrons. The third-order valence-electron chi connectivity index (χ3n) is 3.89. The number of benzene rings is 1. The molecule has 0 unspecified atom stereocenters. The first kappa shape index (κ1) is 14.3. The van der Waals surface area contributed by atoms with Crippen molar-refractivity contribution >= 4 is 11.4 Å². The van der Waals surface area contributed by atoms with Crippen LogP contribution in [0.3, 0.4) is 0 Å². The van der Waals surface area contributed by atoms with E-state index in [9.17, 15) is 0 Å². The maximum atomic E-state index is 4.43. The molecule has 0 fully saturated rings. The van der Waals surface area contributed by atoms with E-state index in [1.807, 2.05) is 31.0 Å². The molecule has 1 aromatic carbocycles. The molecule has 22 heavy (non-hydrogen) atoms. The number of nitrogens with zero attached hydrogens (tertiary/aromatic N) is 3. The summed E-state index contributed by atoms with van der Waals surface area (Å²) in [5, 5.41) is 7.89. The van der Waals surface area contributed by atoms with Crippen LogP contribution in [0, 0.1) is 13.8 Å². The standard InChI is InChI=1S/C18H20N4/c1-13-18(14(2)22(3)21-13)20-17-6-4-15(5-7-17)12-16-8-10-19-11-9-16/h4-11,20H,12H2,1-3H3. The fraction of sp³-hybridized carbons (Fsp3) is 0.222. The van der Waals surface area contributed by atoms with E-state index in [1.165, 1.54) is 11.1 Å². The molecule has 0 aliphatic heterocycles. The molecule has 2 aromatic heterocycles. The van der Waals surface area contributed by atoms with Crippen molar-refractivity contribution in [2.45, 2.75) is 20.3 Å². The molecule has 1 N–H and O–H groups in total. The van der Waals surface area contributed by atoms with E-state index in [4.69, 9.17) is 0 Å². The fourth-order valence-electron chi connectivity index (χ4n) is 2.54. The first-order valence-corrected chi connectivity index (χ1v) is 7.38. The van der Waals surface area contributed by atoms with E-state index in [1.54, 1.807) is 0 Å². The van der Waals surface area contributed by atoms with Gasteiger partial charge < -0.3 is 5.32 Å². The Morgan fingerprint density at radius 3 is 2.18 bits per heavy atom. The summed E-state index contributed by atoms with van der Waals surface area (Å²) in [6.07, 6.45) is 4.59. The molecule has 0 saturated carbocycles. The maximum absolute atomic E-state index is 4.43. The highest BCUT2D eigenvalue weighted by atomic mass is 15.3. The van der Waals surface area contributed by atoms with Gasteiger partial charge in [0.05, 0.1) is 17.1 Å². The monoisotopic (exact) mass is 292 g/mol. The van der Waals surface area contributed by atoms with Gasteiger partial charge in [0.25, 0.3) is 0 Å². The van der Waals surface area contributed by atoms with Crippen molar-refractivity contribution in [1.82, 2.24) is 14.8 Å². The molecular formula is C18H20N4. The fourth-order valence-corrected chi connectivity index (χ4v) is 2.54. The molecule has 0 radical (unpaired) electrons. The summed E-state index contributed by atoms with van der Waals surface area (Å²) in [6.45, 7) is 4.09. The van der Waals surface area contributed by atoms with Crippen LogP contribution in [0.4, 0.5) is 11.4 Å². The van der Waals surface area contributed by atoms with Crippen LogP contribution in [0.2, 0.25) is 0 Å². The molecule has 0 aliphatic rings. The van der Waals surface area contributed by atoms with Gasteiger partial charge in [-0.05, 0) is 55.7 Å². The Bertz CT molecular complexity index is 758. The van der Waals surface area contributed by atoms with Crippen molar-refractivity contribution < 1.29 is 0 Å². The number of nitrogens with one attached hydrogen (secondary N) is 1. The van der Waals surface area contributed by atoms with Gasteiger partial charge in [0.2, 0.25) is 0 Å². The highest BCUT2D eigenvalue weighted by Gasteiger charge is 2.09. The summed E-state index contributed by atoms with van der Waals surface area (Å²) >= 11 is 0. The first-order chi connectivity index (χ1) is 10.6. The summed E-state index contributed by atoms with van der Waals surface area (Å²) in [4.78, 5) is 4.05. The number of anilines is 2. The Morgan fingerprint density at radius 1 is 0.955 bits per heavy atom. The number of hydrogen-bond acceptors (Lipinski definition) is 3. The lowest BCUT2D eigenvalue weighted by molar-refractivity contribution is 0.731. The van der Waals surface area contributed by atoms with E-state index in [2.05, 4.69) is 58.7 Å². The minimum atomic E-state index is 0.924. The van der Waals surface area contributed by atoms with Gasteiger partial charge in [-0.1, -0.05) is 12.1 Å². The van der Waals surface area contributed by atoms with Crippen LogP contribution in [0.25, 0.3) is 0 Å². The van der Waals surface area contributed by atoms with Crippen molar-refractivity contribution in [3.63, 3.8) is 0 Å². The molecule has 0 aliphatic carbocycles. The van der Waals surface area contributed by atoms with Crippen molar-refractivity contribution in [1.29, 1.82) is 0 Å². The average molecular weight is 292 g/mol. The zero-order valence-electron chi connectivity index (χ0n) is 13.2. The largest absolute Gasteiger partial charge is 0.353 e. The van der Waals surface area contributed by atoms with Crippen molar-refractivity contribution in [3.05, 3.63) is 71.3 Å². The predicted octanol–water partition coefficient (Wildman–Crippen LogP) is 3.77. The molecular weight excluding hydrogens is 272 g/mol. The minimum Gasteiger partial charge on any atom is -0.353 e. The van der Waals surface area contributed by atoms with Gasteiger partial charge in [-0.15, -0.1) is 0 Å². The Hall–Kier alpha value is -2.62. The number of aromatic nitrogens is 3. The number of hydrogen-bond donors (Lipinski definition) is 1. The van der Waals surface area contributed by atoms with Gasteiger partial charge in [-0.3, -0.25) is 9.67 Å². The third kappa shape index (κ3) is 3.01. The van der Waals surface area contributed by atoms with E-state index < -0.39 is 0 Å². The van der Waals surface area contributed by atoms with Crippen molar-refractivity contribution in [3.8, 4) is 0 Å². The van der Waals surface area contributed by atoms with Gasteiger partial charge >= 0.3 is 0 Å². The Kier molecular flexibility index (Phi) is 3.92. The van der Waals surface area contributed by atoms with E-state index in [0.29, 0.717) is 0 Å². The summed E-state index contributed by atoms with van der Waals surface area (Å²) in [7, 11) is 1.96. The van der Waals surface area contributed by atoms with E-state index >= 15 is 0 Å². The van der Waals surface area contributed by atoms with Crippen LogP contribution in [0.15, 0.2) is 48.8 Å². The van der Waals surface area contributed by atoms with Crippen LogP contribution >= 0.6 is 0 Å². The summed E-state index contributed by atoms with van der Waals surface area (Å²) in [6, 6.07) is 12.6. The lowest BCUT2D eigenvalue weighted by Crippen LogP contribution is -1.96. The SMILES string of the molecule is Cc1nn(C)c(C)c1Nc1ccc(Cc2ccncc2)cc1. The van der Waals surface area contributed by atoms with Gasteiger partial charge in [-0.25, -0.2) is 0 Å². The summed E-state index contributed by atoms with van der Waals surface area (Å²) in [5.41, 5.74) is 6.88. The molecule has 3 aromatic rings. The van der Waals surface area contributed by atoms with Crippen LogP contribution in [0.1, 0.15) is 22.5 Å². The molecule has 0 atom stereocenters. The molecule has 0 spiro atoms. The highest BCUT2D eigenvalue weighted by molar-refractivity contribution is 5.64. The Labute approximate surface area is 130 Å². The van der Waals surface area contributed by atoms with Crippen LogP contribution in [-0.2, 0) is 13.5 Å². The van der Waals surface area contributed by atoms with Crippen molar-refractivity contribution in [2.24, 2.45) is 7.05 Å². The molecule has 0 amide bonds. The zero-order valence-corrected chi connectivity index (χ0v) is 13.2. The predicted molar refractivity (Wildman–Crippen MR) is 89.4 cm³/mol. The lowest BCUT2D eigenvalue weighted by Gasteiger charge is -2.08. The molecule has 4 nitrogen and oxygen atoms in total. The number of aryl methyl sites for hydroxylation is 2. The van der Waals surface area contributed by atoms with Crippen LogP contribution in [0.5, 0.6) is 0 Å². The van der Waals surface area contributed by atoms with Gasteiger partial charge in [0.1, 0.15) is 0 Å². The quantitative estimate of drug-likeness (QED) is 0.796. The first-order valence-electron chi connectivity index (χ1n) is 7.38. The van der Waals surface area contributed by atoms with Gasteiger partial charge in [0, 0.05) is 25.1 Å².